The molecule has 0 aromatic rings. The van der Waals surface area contributed by atoms with Crippen LogP contribution in [0.1, 0.15) is 13.3 Å². The van der Waals surface area contributed by atoms with Crippen LogP contribution in [0.5, 0.6) is 0 Å². The van der Waals surface area contributed by atoms with E-state index < -0.39 is 0 Å². The van der Waals surface area contributed by atoms with Gasteiger partial charge in [0.2, 0.25) is 0 Å². The number of nitrogens with zero attached hydrogens (tertiary/aromatic N) is 1. The van der Waals surface area contributed by atoms with Crippen LogP contribution in [0.3, 0.4) is 0 Å². The summed E-state index contributed by atoms with van der Waals surface area (Å²) in [5.74, 6) is 1.50. The van der Waals surface area contributed by atoms with E-state index in [1.807, 2.05) is 7.05 Å². The van der Waals surface area contributed by atoms with Crippen molar-refractivity contribution in [2.24, 2.45) is 11.8 Å². The average Bonchev–Trinajstić information content (AvgIpc) is 2.79. The lowest BCUT2D eigenvalue weighted by molar-refractivity contribution is -0.140. The maximum atomic E-state index is 11.1. The summed E-state index contributed by atoms with van der Waals surface area (Å²) >= 11 is 3.31. The molecule has 0 radical (unpaired) electrons. The van der Waals surface area contributed by atoms with Gasteiger partial charge in [0.05, 0.1) is 7.11 Å². The van der Waals surface area contributed by atoms with E-state index in [0.717, 1.165) is 24.9 Å². The van der Waals surface area contributed by atoms with Gasteiger partial charge in [0.15, 0.2) is 0 Å². The highest BCUT2D eigenvalue weighted by molar-refractivity contribution is 9.10. The van der Waals surface area contributed by atoms with E-state index in [-0.39, 0.29) is 10.8 Å². The van der Waals surface area contributed by atoms with Crippen molar-refractivity contribution in [3.8, 4) is 0 Å². The van der Waals surface area contributed by atoms with Gasteiger partial charge in [-0.3, -0.25) is 4.79 Å². The third-order valence-corrected chi connectivity index (χ3v) is 3.41. The second kappa shape index (κ2) is 5.12. The van der Waals surface area contributed by atoms with E-state index in [1.54, 1.807) is 0 Å². The SMILES string of the molecule is COC(=O)C(Br)CN(C)CC1CC1C. The van der Waals surface area contributed by atoms with E-state index in [9.17, 15) is 4.79 Å². The molecule has 1 aliphatic rings. The van der Waals surface area contributed by atoms with Crippen LogP contribution in [0, 0.1) is 11.8 Å². The quantitative estimate of drug-likeness (QED) is 0.557. The van der Waals surface area contributed by atoms with E-state index >= 15 is 0 Å². The Morgan fingerprint density at radius 1 is 1.71 bits per heavy atom. The highest BCUT2D eigenvalue weighted by Gasteiger charge is 2.33. The number of methoxy groups -OCH3 is 1. The summed E-state index contributed by atoms with van der Waals surface area (Å²) in [6, 6.07) is 0. The zero-order valence-electron chi connectivity index (χ0n) is 9.00. The van der Waals surface area contributed by atoms with Gasteiger partial charge in [-0.05, 0) is 25.3 Å². The van der Waals surface area contributed by atoms with Crippen molar-refractivity contribution in [1.29, 1.82) is 0 Å². The largest absolute Gasteiger partial charge is 0.468 e. The molecular weight excluding hydrogens is 246 g/mol. The number of hydrogen-bond donors (Lipinski definition) is 0. The molecule has 1 saturated carbocycles. The zero-order valence-corrected chi connectivity index (χ0v) is 10.6. The van der Waals surface area contributed by atoms with Gasteiger partial charge in [0, 0.05) is 13.1 Å². The van der Waals surface area contributed by atoms with Gasteiger partial charge in [-0.2, -0.15) is 0 Å². The van der Waals surface area contributed by atoms with Crippen molar-refractivity contribution in [3.63, 3.8) is 0 Å². The van der Waals surface area contributed by atoms with Gasteiger partial charge in [-0.15, -0.1) is 0 Å². The van der Waals surface area contributed by atoms with Crippen molar-refractivity contribution < 1.29 is 9.53 Å². The second-order valence-corrected chi connectivity index (χ2v) is 5.29. The smallest absolute Gasteiger partial charge is 0.320 e. The Balaban J connectivity index is 2.18. The Kier molecular flexibility index (Phi) is 4.38. The van der Waals surface area contributed by atoms with Crippen molar-refractivity contribution in [2.45, 2.75) is 18.2 Å². The number of rotatable bonds is 5. The van der Waals surface area contributed by atoms with Crippen molar-refractivity contribution in [1.82, 2.24) is 4.90 Å². The number of carbonyl (C=O) groups excluding carboxylic acids is 1. The fourth-order valence-electron chi connectivity index (χ4n) is 1.60. The number of esters is 1. The summed E-state index contributed by atoms with van der Waals surface area (Å²) in [7, 11) is 3.46. The van der Waals surface area contributed by atoms with Crippen molar-refractivity contribution >= 4 is 21.9 Å². The Morgan fingerprint density at radius 3 is 2.71 bits per heavy atom. The van der Waals surface area contributed by atoms with Gasteiger partial charge < -0.3 is 9.64 Å². The Labute approximate surface area is 93.9 Å². The summed E-state index contributed by atoms with van der Waals surface area (Å²) in [5, 5.41) is 0. The van der Waals surface area contributed by atoms with Crippen molar-refractivity contribution in [2.75, 3.05) is 27.2 Å². The van der Waals surface area contributed by atoms with Crippen LogP contribution in [0.2, 0.25) is 0 Å². The molecule has 0 aliphatic heterocycles. The van der Waals surface area contributed by atoms with Gasteiger partial charge in [-0.25, -0.2) is 0 Å². The predicted octanol–water partition coefficient (Wildman–Crippen LogP) is 1.51. The Hall–Kier alpha value is -0.0900. The molecule has 0 N–H and O–H groups in total. The highest BCUT2D eigenvalue weighted by atomic mass is 79.9. The maximum absolute atomic E-state index is 11.1. The molecule has 82 valence electrons. The molecule has 0 saturated heterocycles. The van der Waals surface area contributed by atoms with Crippen LogP contribution in [0.25, 0.3) is 0 Å². The predicted molar refractivity (Wildman–Crippen MR) is 59.5 cm³/mol. The number of ether oxygens (including phenoxy) is 1. The zero-order chi connectivity index (χ0) is 10.7. The summed E-state index contributed by atoms with van der Waals surface area (Å²) in [4.78, 5) is 13.1. The lowest BCUT2D eigenvalue weighted by Gasteiger charge is -2.18. The Morgan fingerprint density at radius 2 is 2.29 bits per heavy atom. The minimum atomic E-state index is -0.202. The third kappa shape index (κ3) is 3.58. The number of halogens is 1. The number of alkyl halides is 1. The molecule has 3 unspecified atom stereocenters. The summed E-state index contributed by atoms with van der Waals surface area (Å²) in [6.45, 7) is 4.07. The number of carbonyl (C=O) groups is 1. The Bertz CT molecular complexity index is 210. The molecule has 0 spiro atoms. The lowest BCUT2D eigenvalue weighted by Crippen LogP contribution is -2.32. The monoisotopic (exact) mass is 263 g/mol. The molecule has 3 nitrogen and oxygen atoms in total. The van der Waals surface area contributed by atoms with E-state index in [1.165, 1.54) is 13.5 Å². The molecule has 0 amide bonds. The second-order valence-electron chi connectivity index (χ2n) is 4.18. The van der Waals surface area contributed by atoms with Crippen LogP contribution < -0.4 is 0 Å². The van der Waals surface area contributed by atoms with Crippen LogP contribution in [-0.2, 0) is 9.53 Å². The van der Waals surface area contributed by atoms with Crippen LogP contribution in [-0.4, -0.2) is 42.9 Å². The van der Waals surface area contributed by atoms with E-state index in [2.05, 4.69) is 32.5 Å². The molecule has 1 rings (SSSR count). The fraction of sp³-hybridized carbons (Fsp3) is 0.900. The van der Waals surface area contributed by atoms with Crippen LogP contribution in [0.15, 0.2) is 0 Å². The highest BCUT2D eigenvalue weighted by Crippen LogP contribution is 2.37. The van der Waals surface area contributed by atoms with E-state index in [4.69, 9.17) is 0 Å². The van der Waals surface area contributed by atoms with Gasteiger partial charge in [0.1, 0.15) is 4.83 Å². The fourth-order valence-corrected chi connectivity index (χ4v) is 2.29. The third-order valence-electron chi connectivity index (χ3n) is 2.75. The minimum absolute atomic E-state index is 0.194. The molecule has 1 aliphatic carbocycles. The molecule has 3 atom stereocenters. The summed E-state index contributed by atoms with van der Waals surface area (Å²) < 4.78 is 4.64. The number of hydrogen-bond acceptors (Lipinski definition) is 3. The topological polar surface area (TPSA) is 29.5 Å². The first kappa shape index (κ1) is 12.0. The lowest BCUT2D eigenvalue weighted by atomic mass is 10.3. The first-order valence-corrected chi connectivity index (χ1v) is 5.86. The first-order chi connectivity index (χ1) is 6.54. The molecule has 0 bridgehead atoms. The molecule has 0 heterocycles. The van der Waals surface area contributed by atoms with Crippen LogP contribution >= 0.6 is 15.9 Å². The standard InChI is InChI=1S/C10H18BrNO2/c1-7-4-8(7)5-12(2)6-9(11)10(13)14-3/h7-9H,4-6H2,1-3H3. The van der Waals surface area contributed by atoms with Crippen LogP contribution in [0.4, 0.5) is 0 Å². The molecule has 0 aromatic carbocycles. The molecular formula is C10H18BrNO2. The molecule has 0 aromatic heterocycles. The van der Waals surface area contributed by atoms with E-state index in [0.29, 0.717) is 0 Å². The summed E-state index contributed by atoms with van der Waals surface area (Å²) in [6.07, 6.45) is 1.33. The van der Waals surface area contributed by atoms with Gasteiger partial charge in [0.25, 0.3) is 0 Å². The summed E-state index contributed by atoms with van der Waals surface area (Å²) in [5.41, 5.74) is 0. The molecule has 4 heteroatoms. The normalized spacial score (nSPS) is 27.5. The minimum Gasteiger partial charge on any atom is -0.468 e. The maximum Gasteiger partial charge on any atom is 0.320 e. The van der Waals surface area contributed by atoms with Crippen molar-refractivity contribution in [3.05, 3.63) is 0 Å². The molecule has 1 fully saturated rings. The first-order valence-electron chi connectivity index (χ1n) is 4.95. The van der Waals surface area contributed by atoms with Gasteiger partial charge >= 0.3 is 5.97 Å². The average molecular weight is 264 g/mol. The molecule has 14 heavy (non-hydrogen) atoms. The van der Waals surface area contributed by atoms with Gasteiger partial charge in [-0.1, -0.05) is 22.9 Å².